The first-order valence-corrected chi connectivity index (χ1v) is 12.6. The van der Waals surface area contributed by atoms with E-state index in [0.717, 1.165) is 11.1 Å². The summed E-state index contributed by atoms with van der Waals surface area (Å²) in [6.45, 7) is 10.9. The molecule has 3 aromatic rings. The highest BCUT2D eigenvalue weighted by Crippen LogP contribution is 2.44. The third kappa shape index (κ3) is 5.24. The van der Waals surface area contributed by atoms with Crippen LogP contribution in [0.3, 0.4) is 0 Å². The van der Waals surface area contributed by atoms with E-state index >= 15 is 0 Å². The van der Waals surface area contributed by atoms with Gasteiger partial charge in [0.25, 0.3) is 11.7 Å². The molecule has 0 saturated carbocycles. The van der Waals surface area contributed by atoms with Crippen molar-refractivity contribution in [1.29, 1.82) is 0 Å². The smallest absolute Gasteiger partial charge is 0.300 e. The number of rotatable bonds is 8. The molecule has 1 fully saturated rings. The molecule has 0 radical (unpaired) electrons. The first-order valence-electron chi connectivity index (χ1n) is 12.6. The molecule has 1 aliphatic heterocycles. The number of ether oxygens (including phenoxy) is 2. The van der Waals surface area contributed by atoms with Crippen molar-refractivity contribution in [1.82, 2.24) is 0 Å². The number of anilines is 1. The molecule has 1 unspecified atom stereocenters. The molecule has 192 valence electrons. The van der Waals surface area contributed by atoms with E-state index in [1.165, 1.54) is 4.90 Å². The lowest BCUT2D eigenvalue weighted by molar-refractivity contribution is -0.132. The predicted molar refractivity (Wildman–Crippen MR) is 145 cm³/mol. The maximum atomic E-state index is 13.5. The SMILES string of the molecule is CCOc1cccc(C2/C(=C(\O)c3ccc(OCC(C)C)c(C)c3)C(=O)C(=O)N2c2ccccc2C)c1. The number of amides is 1. The van der Waals surface area contributed by atoms with Crippen LogP contribution >= 0.6 is 0 Å². The highest BCUT2D eigenvalue weighted by atomic mass is 16.5. The molecule has 0 aromatic heterocycles. The molecule has 6 nitrogen and oxygen atoms in total. The number of aryl methyl sites for hydroxylation is 2. The Morgan fingerprint density at radius 2 is 1.70 bits per heavy atom. The quantitative estimate of drug-likeness (QED) is 0.222. The van der Waals surface area contributed by atoms with Gasteiger partial charge in [-0.1, -0.05) is 44.2 Å². The Hall–Kier alpha value is -4.06. The summed E-state index contributed by atoms with van der Waals surface area (Å²) in [6.07, 6.45) is 0. The van der Waals surface area contributed by atoms with Crippen molar-refractivity contribution in [2.45, 2.75) is 40.7 Å². The van der Waals surface area contributed by atoms with Crippen molar-refractivity contribution >= 4 is 23.1 Å². The van der Waals surface area contributed by atoms with E-state index in [-0.39, 0.29) is 11.3 Å². The molecule has 1 N–H and O–H groups in total. The minimum absolute atomic E-state index is 0.0390. The number of para-hydroxylation sites is 1. The van der Waals surface area contributed by atoms with Crippen LogP contribution in [-0.2, 0) is 9.59 Å². The van der Waals surface area contributed by atoms with E-state index < -0.39 is 17.7 Å². The van der Waals surface area contributed by atoms with Gasteiger partial charge in [0, 0.05) is 11.3 Å². The minimum Gasteiger partial charge on any atom is -0.507 e. The zero-order valence-electron chi connectivity index (χ0n) is 21.9. The zero-order chi connectivity index (χ0) is 26.7. The summed E-state index contributed by atoms with van der Waals surface area (Å²) in [4.78, 5) is 28.4. The fourth-order valence-corrected chi connectivity index (χ4v) is 4.54. The molecule has 1 heterocycles. The van der Waals surface area contributed by atoms with Crippen LogP contribution in [0.2, 0.25) is 0 Å². The Balaban J connectivity index is 1.88. The van der Waals surface area contributed by atoms with E-state index in [1.807, 2.05) is 69.3 Å². The van der Waals surface area contributed by atoms with E-state index in [4.69, 9.17) is 9.47 Å². The maximum absolute atomic E-state index is 13.5. The highest BCUT2D eigenvalue weighted by Gasteiger charge is 2.47. The highest BCUT2D eigenvalue weighted by molar-refractivity contribution is 6.51. The van der Waals surface area contributed by atoms with Crippen LogP contribution in [0.4, 0.5) is 5.69 Å². The lowest BCUT2D eigenvalue weighted by Gasteiger charge is -2.27. The van der Waals surface area contributed by atoms with Gasteiger partial charge < -0.3 is 14.6 Å². The topological polar surface area (TPSA) is 76.1 Å². The zero-order valence-corrected chi connectivity index (χ0v) is 21.9. The number of aliphatic hydroxyl groups excluding tert-OH is 1. The van der Waals surface area contributed by atoms with Crippen LogP contribution in [0, 0.1) is 19.8 Å². The van der Waals surface area contributed by atoms with Gasteiger partial charge in [-0.3, -0.25) is 14.5 Å². The van der Waals surface area contributed by atoms with Crippen LogP contribution in [0.25, 0.3) is 5.76 Å². The molecule has 0 spiro atoms. The standard InChI is InChI=1S/C31H33NO5/c1-6-36-24-12-9-11-22(17-24)28-27(30(34)31(35)32(28)25-13-8-7-10-20(25)4)29(33)23-14-15-26(21(5)16-23)37-18-19(2)3/h7-17,19,28,33H,6,18H2,1-5H3/b29-27+. The number of hydrogen-bond acceptors (Lipinski definition) is 5. The second kappa shape index (κ2) is 10.9. The molecular weight excluding hydrogens is 466 g/mol. The number of nitrogens with zero attached hydrogens (tertiary/aromatic N) is 1. The van der Waals surface area contributed by atoms with Crippen molar-refractivity contribution in [3.05, 3.63) is 94.6 Å². The number of ketones is 1. The summed E-state index contributed by atoms with van der Waals surface area (Å²) >= 11 is 0. The number of carbonyl (C=O) groups is 2. The van der Waals surface area contributed by atoms with Gasteiger partial charge in [-0.05, 0) is 79.8 Å². The van der Waals surface area contributed by atoms with Gasteiger partial charge in [0.15, 0.2) is 0 Å². The van der Waals surface area contributed by atoms with Gasteiger partial charge in [-0.15, -0.1) is 0 Å². The number of Topliss-reactive ketones (excluding diaryl/α,β-unsaturated/α-hetero) is 1. The Labute approximate surface area is 218 Å². The summed E-state index contributed by atoms with van der Waals surface area (Å²) in [7, 11) is 0. The molecule has 6 heteroatoms. The fraction of sp³-hybridized carbons (Fsp3) is 0.290. The summed E-state index contributed by atoms with van der Waals surface area (Å²) in [5, 5.41) is 11.5. The first kappa shape index (κ1) is 26.0. The summed E-state index contributed by atoms with van der Waals surface area (Å²) in [5.74, 6) is 0.0724. The summed E-state index contributed by atoms with van der Waals surface area (Å²) < 4.78 is 11.6. The maximum Gasteiger partial charge on any atom is 0.300 e. The average molecular weight is 500 g/mol. The first-order chi connectivity index (χ1) is 17.7. The molecule has 1 saturated heterocycles. The Kier molecular flexibility index (Phi) is 7.67. The number of benzene rings is 3. The van der Waals surface area contributed by atoms with Crippen LogP contribution < -0.4 is 14.4 Å². The third-order valence-corrected chi connectivity index (χ3v) is 6.32. The molecule has 0 aliphatic carbocycles. The van der Waals surface area contributed by atoms with Gasteiger partial charge >= 0.3 is 0 Å². The third-order valence-electron chi connectivity index (χ3n) is 6.32. The molecule has 0 bridgehead atoms. The van der Waals surface area contributed by atoms with Gasteiger partial charge in [-0.2, -0.15) is 0 Å². The molecule has 4 rings (SSSR count). The molecular formula is C31H33NO5. The average Bonchev–Trinajstić information content (AvgIpc) is 3.13. The van der Waals surface area contributed by atoms with Gasteiger partial charge in [0.2, 0.25) is 0 Å². The summed E-state index contributed by atoms with van der Waals surface area (Å²) in [6, 6.07) is 19.2. The van der Waals surface area contributed by atoms with Crippen molar-refractivity contribution in [3.8, 4) is 11.5 Å². The second-order valence-electron chi connectivity index (χ2n) is 9.65. The normalized spacial score (nSPS) is 16.9. The molecule has 37 heavy (non-hydrogen) atoms. The second-order valence-corrected chi connectivity index (χ2v) is 9.65. The van der Waals surface area contributed by atoms with E-state index in [1.54, 1.807) is 18.2 Å². The van der Waals surface area contributed by atoms with Crippen molar-refractivity contribution in [2.24, 2.45) is 5.92 Å². The Bertz CT molecular complexity index is 1360. The number of hydrogen-bond donors (Lipinski definition) is 1. The number of carbonyl (C=O) groups excluding carboxylic acids is 2. The van der Waals surface area contributed by atoms with Gasteiger partial charge in [0.05, 0.1) is 24.8 Å². The van der Waals surface area contributed by atoms with Gasteiger partial charge in [0.1, 0.15) is 17.3 Å². The molecule has 1 amide bonds. The minimum atomic E-state index is -0.821. The Morgan fingerprint density at radius 3 is 2.38 bits per heavy atom. The Morgan fingerprint density at radius 1 is 0.946 bits per heavy atom. The summed E-state index contributed by atoms with van der Waals surface area (Å²) in [5.41, 5.74) is 3.44. The fourth-order valence-electron chi connectivity index (χ4n) is 4.54. The van der Waals surface area contributed by atoms with Crippen LogP contribution in [0.5, 0.6) is 11.5 Å². The largest absolute Gasteiger partial charge is 0.507 e. The lowest BCUT2D eigenvalue weighted by atomic mass is 9.94. The molecule has 1 atom stereocenters. The molecule has 1 aliphatic rings. The molecule has 3 aromatic carbocycles. The van der Waals surface area contributed by atoms with Crippen molar-refractivity contribution in [3.63, 3.8) is 0 Å². The van der Waals surface area contributed by atoms with Crippen molar-refractivity contribution < 1.29 is 24.2 Å². The monoisotopic (exact) mass is 499 g/mol. The van der Waals surface area contributed by atoms with Crippen LogP contribution in [-0.4, -0.2) is 30.0 Å². The van der Waals surface area contributed by atoms with Crippen LogP contribution in [0.1, 0.15) is 49.1 Å². The van der Waals surface area contributed by atoms with Crippen molar-refractivity contribution in [2.75, 3.05) is 18.1 Å². The lowest BCUT2D eigenvalue weighted by Crippen LogP contribution is -2.30. The van der Waals surface area contributed by atoms with E-state index in [2.05, 4.69) is 13.8 Å². The predicted octanol–water partition coefficient (Wildman–Crippen LogP) is 6.36. The van der Waals surface area contributed by atoms with Gasteiger partial charge in [-0.25, -0.2) is 0 Å². The van der Waals surface area contributed by atoms with Crippen LogP contribution in [0.15, 0.2) is 72.3 Å². The number of aliphatic hydroxyl groups is 1. The van der Waals surface area contributed by atoms with E-state index in [9.17, 15) is 14.7 Å². The van der Waals surface area contributed by atoms with E-state index in [0.29, 0.717) is 47.4 Å².